The zero-order chi connectivity index (χ0) is 20.1. The third kappa shape index (κ3) is 4.54. The van der Waals surface area contributed by atoms with Gasteiger partial charge in [-0.3, -0.25) is 0 Å². The molecule has 0 radical (unpaired) electrons. The summed E-state index contributed by atoms with van der Waals surface area (Å²) < 4.78 is 16.0. The molecule has 2 heterocycles. The van der Waals surface area contributed by atoms with E-state index in [9.17, 15) is 0 Å². The van der Waals surface area contributed by atoms with Crippen LogP contribution in [0.5, 0.6) is 11.5 Å². The van der Waals surface area contributed by atoms with Crippen molar-refractivity contribution in [2.75, 3.05) is 13.2 Å². The maximum absolute atomic E-state index is 5.85. The van der Waals surface area contributed by atoms with Gasteiger partial charge in [-0.25, -0.2) is 0 Å². The van der Waals surface area contributed by atoms with E-state index in [0.717, 1.165) is 29.3 Å². The van der Waals surface area contributed by atoms with Gasteiger partial charge in [0.25, 0.3) is 0 Å². The lowest BCUT2D eigenvalue weighted by Gasteiger charge is -2.11. The molecule has 0 aliphatic rings. The van der Waals surface area contributed by atoms with Gasteiger partial charge in [0.2, 0.25) is 0 Å². The minimum absolute atomic E-state index is 0.627. The molecule has 148 valence electrons. The number of benzene rings is 2. The number of nitrogens with zero attached hydrogens (tertiary/aromatic N) is 2. The molecule has 0 amide bonds. The second kappa shape index (κ2) is 8.74. The fraction of sp³-hybridized carbons (Fsp3) is 0.200. The summed E-state index contributed by atoms with van der Waals surface area (Å²) in [6.45, 7) is 5.49. The van der Waals surface area contributed by atoms with E-state index in [-0.39, 0.29) is 0 Å². The number of rotatable bonds is 8. The summed E-state index contributed by atoms with van der Waals surface area (Å²) in [6, 6.07) is 24.6. The van der Waals surface area contributed by atoms with Crippen molar-refractivity contribution >= 4 is 0 Å². The Morgan fingerprint density at radius 3 is 1.62 bits per heavy atom. The fourth-order valence-electron chi connectivity index (χ4n) is 3.43. The van der Waals surface area contributed by atoms with Crippen LogP contribution in [0.25, 0.3) is 11.4 Å². The Balaban J connectivity index is 1.22. The summed E-state index contributed by atoms with van der Waals surface area (Å²) >= 11 is 0. The zero-order valence-electron chi connectivity index (χ0n) is 16.9. The van der Waals surface area contributed by atoms with Gasteiger partial charge in [-0.2, -0.15) is 0 Å². The molecule has 0 fully saturated rings. The van der Waals surface area contributed by atoms with E-state index in [1.807, 2.05) is 48.8 Å². The number of aryl methyl sites for hydroxylation is 2. The third-order valence-electron chi connectivity index (χ3n) is 4.93. The highest BCUT2D eigenvalue weighted by Crippen LogP contribution is 2.20. The molecule has 0 N–H and O–H groups in total. The molecule has 0 aliphatic carbocycles. The highest BCUT2D eigenvalue weighted by molar-refractivity contribution is 5.41. The molecule has 4 aromatic rings. The van der Waals surface area contributed by atoms with Crippen molar-refractivity contribution in [2.45, 2.75) is 20.3 Å². The fourth-order valence-corrected chi connectivity index (χ4v) is 3.43. The van der Waals surface area contributed by atoms with Crippen molar-refractivity contribution < 1.29 is 9.47 Å². The van der Waals surface area contributed by atoms with E-state index in [1.165, 1.54) is 11.4 Å². The van der Waals surface area contributed by atoms with Crippen LogP contribution in [0.15, 0.2) is 85.2 Å². The van der Waals surface area contributed by atoms with Gasteiger partial charge in [0.15, 0.2) is 0 Å². The van der Waals surface area contributed by atoms with Crippen LogP contribution in [0, 0.1) is 13.8 Å². The van der Waals surface area contributed by atoms with Crippen molar-refractivity contribution in [2.24, 2.45) is 0 Å². The van der Waals surface area contributed by atoms with Crippen molar-refractivity contribution in [1.29, 1.82) is 0 Å². The summed E-state index contributed by atoms with van der Waals surface area (Å²) in [5, 5.41) is 0. The Morgan fingerprint density at radius 1 is 0.621 bits per heavy atom. The summed E-state index contributed by atoms with van der Waals surface area (Å²) in [4.78, 5) is 0. The lowest BCUT2D eigenvalue weighted by atomic mass is 10.3. The van der Waals surface area contributed by atoms with Crippen LogP contribution in [-0.2, 0) is 0 Å². The third-order valence-corrected chi connectivity index (χ3v) is 4.93. The quantitative estimate of drug-likeness (QED) is 0.362. The lowest BCUT2D eigenvalue weighted by Crippen LogP contribution is -2.05. The summed E-state index contributed by atoms with van der Waals surface area (Å²) in [5.41, 5.74) is 4.74. The molecule has 0 aliphatic heterocycles. The van der Waals surface area contributed by atoms with Gasteiger partial charge >= 0.3 is 0 Å². The Morgan fingerprint density at radius 2 is 1.10 bits per heavy atom. The number of hydrogen-bond donors (Lipinski definition) is 0. The summed E-state index contributed by atoms with van der Waals surface area (Å²) in [7, 11) is 0. The summed E-state index contributed by atoms with van der Waals surface area (Å²) in [6.07, 6.45) is 4.89. The topological polar surface area (TPSA) is 28.3 Å². The molecular weight excluding hydrogens is 360 g/mol. The first-order chi connectivity index (χ1) is 14.2. The molecule has 29 heavy (non-hydrogen) atoms. The second-order valence-electron chi connectivity index (χ2n) is 7.08. The molecule has 0 saturated heterocycles. The van der Waals surface area contributed by atoms with E-state index >= 15 is 0 Å². The first kappa shape index (κ1) is 18.9. The predicted octanol–water partition coefficient (Wildman–Crippen LogP) is 5.73. The lowest BCUT2D eigenvalue weighted by molar-refractivity contribution is 0.247. The Labute approximate surface area is 171 Å². The van der Waals surface area contributed by atoms with Gasteiger partial charge in [0.1, 0.15) is 11.5 Å². The zero-order valence-corrected chi connectivity index (χ0v) is 16.9. The van der Waals surface area contributed by atoms with Crippen LogP contribution in [0.4, 0.5) is 0 Å². The Kier molecular flexibility index (Phi) is 5.71. The van der Waals surface area contributed by atoms with E-state index in [2.05, 4.69) is 59.4 Å². The highest BCUT2D eigenvalue weighted by atomic mass is 16.5. The molecule has 4 nitrogen and oxygen atoms in total. The van der Waals surface area contributed by atoms with Gasteiger partial charge in [-0.05, 0) is 86.6 Å². The molecule has 0 saturated carbocycles. The standard InChI is InChI=1S/C25H26N2O2/c1-20-6-7-21(2)27(20)23-10-14-25(15-11-23)29-19-5-18-28-24-12-8-22(9-13-24)26-16-3-4-17-26/h3-4,6-17H,5,18-19H2,1-2H3. The van der Waals surface area contributed by atoms with E-state index < -0.39 is 0 Å². The van der Waals surface area contributed by atoms with E-state index in [1.54, 1.807) is 0 Å². The molecule has 0 bridgehead atoms. The molecule has 2 aromatic carbocycles. The maximum Gasteiger partial charge on any atom is 0.119 e. The molecule has 4 rings (SSSR count). The van der Waals surface area contributed by atoms with Gasteiger partial charge in [0.05, 0.1) is 13.2 Å². The van der Waals surface area contributed by atoms with Gasteiger partial charge in [-0.15, -0.1) is 0 Å². The smallest absolute Gasteiger partial charge is 0.119 e. The molecule has 0 atom stereocenters. The van der Waals surface area contributed by atoms with Crippen molar-refractivity contribution in [1.82, 2.24) is 9.13 Å². The summed E-state index contributed by atoms with van der Waals surface area (Å²) in [5.74, 6) is 1.76. The molecular formula is C25H26N2O2. The molecule has 0 unspecified atom stereocenters. The van der Waals surface area contributed by atoms with Gasteiger partial charge < -0.3 is 18.6 Å². The average molecular weight is 386 g/mol. The van der Waals surface area contributed by atoms with Gasteiger partial charge in [-0.1, -0.05) is 0 Å². The number of ether oxygens (including phenoxy) is 2. The van der Waals surface area contributed by atoms with Crippen molar-refractivity contribution in [3.05, 3.63) is 96.6 Å². The second-order valence-corrected chi connectivity index (χ2v) is 7.08. The minimum Gasteiger partial charge on any atom is -0.493 e. The van der Waals surface area contributed by atoms with Crippen LogP contribution in [0.3, 0.4) is 0 Å². The SMILES string of the molecule is Cc1ccc(C)n1-c1ccc(OCCCOc2ccc(-n3cccc3)cc2)cc1. The molecule has 4 heteroatoms. The normalized spacial score (nSPS) is 10.8. The predicted molar refractivity (Wildman–Crippen MR) is 117 cm³/mol. The first-order valence-electron chi connectivity index (χ1n) is 9.95. The van der Waals surface area contributed by atoms with Crippen LogP contribution in [-0.4, -0.2) is 22.3 Å². The van der Waals surface area contributed by atoms with E-state index in [4.69, 9.17) is 9.47 Å². The minimum atomic E-state index is 0.627. The van der Waals surface area contributed by atoms with Crippen LogP contribution in [0.2, 0.25) is 0 Å². The Hall–Kier alpha value is -3.40. The molecule has 0 spiro atoms. The maximum atomic E-state index is 5.85. The van der Waals surface area contributed by atoms with Crippen molar-refractivity contribution in [3.63, 3.8) is 0 Å². The van der Waals surface area contributed by atoms with Gasteiger partial charge in [0, 0.05) is 41.6 Å². The van der Waals surface area contributed by atoms with Crippen molar-refractivity contribution in [3.8, 4) is 22.9 Å². The Bertz CT molecular complexity index is 1010. The number of aromatic nitrogens is 2. The highest BCUT2D eigenvalue weighted by Gasteiger charge is 2.04. The largest absolute Gasteiger partial charge is 0.493 e. The molecule has 2 aromatic heterocycles. The van der Waals surface area contributed by atoms with Crippen LogP contribution in [0.1, 0.15) is 17.8 Å². The first-order valence-corrected chi connectivity index (χ1v) is 9.95. The van der Waals surface area contributed by atoms with Crippen LogP contribution >= 0.6 is 0 Å². The monoisotopic (exact) mass is 386 g/mol. The van der Waals surface area contributed by atoms with Crippen LogP contribution < -0.4 is 9.47 Å². The average Bonchev–Trinajstić information content (AvgIpc) is 3.39. The van der Waals surface area contributed by atoms with E-state index in [0.29, 0.717) is 13.2 Å². The number of hydrogen-bond acceptors (Lipinski definition) is 2.